The summed E-state index contributed by atoms with van der Waals surface area (Å²) < 4.78 is 7.02. The van der Waals surface area contributed by atoms with Gasteiger partial charge in [0.25, 0.3) is 11.6 Å². The number of aromatic nitrogens is 3. The van der Waals surface area contributed by atoms with E-state index in [2.05, 4.69) is 20.7 Å². The highest BCUT2D eigenvalue weighted by molar-refractivity contribution is 5.85. The molecular formula is C16H18ClN7O3. The van der Waals surface area contributed by atoms with Crippen LogP contribution in [0.2, 0.25) is 0 Å². The molecule has 3 N–H and O–H groups in total. The highest BCUT2D eigenvalue weighted by atomic mass is 35.5. The molecule has 0 fully saturated rings. The van der Waals surface area contributed by atoms with Crippen LogP contribution < -0.4 is 11.3 Å². The number of hydrogen-bond acceptors (Lipinski definition) is 8. The molecule has 0 aliphatic heterocycles. The molecule has 0 bridgehead atoms. The quantitative estimate of drug-likeness (QED) is 0.295. The minimum absolute atomic E-state index is 0. The fourth-order valence-corrected chi connectivity index (χ4v) is 2.43. The standard InChI is InChI=1S/C16H17N7O3.ClH/c1-9-7-14(23(24)25)10(2)6-13(9)15-5-4-12(26-15)8-18-20-16-21-19-11(3)22(16)17;/h4-8H,17H2,1-3H3,(H,20,21);1H/b18-8+;. The molecule has 2 aromatic heterocycles. The maximum absolute atomic E-state index is 11.0. The summed E-state index contributed by atoms with van der Waals surface area (Å²) in [6, 6.07) is 6.81. The van der Waals surface area contributed by atoms with Crippen LogP contribution in [-0.4, -0.2) is 26.0 Å². The first-order chi connectivity index (χ1) is 12.4. The number of benzene rings is 1. The lowest BCUT2D eigenvalue weighted by molar-refractivity contribution is -0.385. The van der Waals surface area contributed by atoms with Crippen LogP contribution in [0.3, 0.4) is 0 Å². The molecule has 0 aliphatic rings. The molecule has 0 atom stereocenters. The van der Waals surface area contributed by atoms with E-state index in [1.807, 2.05) is 0 Å². The Balaban J connectivity index is 0.00000261. The Morgan fingerprint density at radius 2 is 2.00 bits per heavy atom. The van der Waals surface area contributed by atoms with E-state index in [1.165, 1.54) is 10.9 Å². The third-order valence-corrected chi connectivity index (χ3v) is 3.85. The lowest BCUT2D eigenvalue weighted by Crippen LogP contribution is -2.13. The summed E-state index contributed by atoms with van der Waals surface area (Å²) in [5, 5.41) is 22.7. The molecule has 0 amide bonds. The lowest BCUT2D eigenvalue weighted by atomic mass is 10.0. The number of nitrogens with two attached hydrogens (primary N) is 1. The number of nitro benzene ring substituents is 1. The SMILES string of the molecule is Cc1cc([N+](=O)[O-])c(C)cc1-c1ccc(/C=N/Nc2nnc(C)n2N)o1.Cl. The Hall–Kier alpha value is -3.40. The summed E-state index contributed by atoms with van der Waals surface area (Å²) in [7, 11) is 0. The number of halogens is 1. The number of hydrogen-bond donors (Lipinski definition) is 2. The topological polar surface area (TPSA) is 137 Å². The number of anilines is 1. The Morgan fingerprint density at radius 3 is 2.63 bits per heavy atom. The summed E-state index contributed by atoms with van der Waals surface area (Å²) in [6.07, 6.45) is 1.47. The van der Waals surface area contributed by atoms with Crippen LogP contribution in [0.15, 0.2) is 33.8 Å². The molecule has 1 aromatic carbocycles. The first-order valence-electron chi connectivity index (χ1n) is 7.69. The van der Waals surface area contributed by atoms with Crippen LogP contribution >= 0.6 is 12.4 Å². The van der Waals surface area contributed by atoms with Crippen molar-refractivity contribution >= 4 is 30.3 Å². The van der Waals surface area contributed by atoms with Gasteiger partial charge >= 0.3 is 0 Å². The predicted octanol–water partition coefficient (Wildman–Crippen LogP) is 2.95. The van der Waals surface area contributed by atoms with Crippen LogP contribution in [0.25, 0.3) is 11.3 Å². The maximum atomic E-state index is 11.0. The molecule has 0 spiro atoms. The van der Waals surface area contributed by atoms with E-state index in [-0.39, 0.29) is 18.1 Å². The van der Waals surface area contributed by atoms with E-state index in [0.29, 0.717) is 28.9 Å². The van der Waals surface area contributed by atoms with Gasteiger partial charge in [-0.1, -0.05) is 0 Å². The van der Waals surface area contributed by atoms with Gasteiger partial charge in [-0.05, 0) is 44.5 Å². The zero-order valence-electron chi connectivity index (χ0n) is 14.8. The summed E-state index contributed by atoms with van der Waals surface area (Å²) in [4.78, 5) is 10.6. The van der Waals surface area contributed by atoms with Gasteiger partial charge in [0.2, 0.25) is 0 Å². The smallest absolute Gasteiger partial charge is 0.272 e. The minimum Gasteiger partial charge on any atom is -0.455 e. The van der Waals surface area contributed by atoms with E-state index < -0.39 is 4.92 Å². The third-order valence-electron chi connectivity index (χ3n) is 3.85. The molecule has 0 unspecified atom stereocenters. The van der Waals surface area contributed by atoms with Crippen LogP contribution in [0.5, 0.6) is 0 Å². The molecule has 0 aliphatic carbocycles. The van der Waals surface area contributed by atoms with Crippen LogP contribution in [0.4, 0.5) is 11.6 Å². The number of hydrazone groups is 1. The number of furan rings is 1. The monoisotopic (exact) mass is 391 g/mol. The number of nitrogen functional groups attached to an aromatic ring is 1. The predicted molar refractivity (Wildman–Crippen MR) is 104 cm³/mol. The molecule has 142 valence electrons. The first kappa shape index (κ1) is 19.9. The van der Waals surface area contributed by atoms with Gasteiger partial charge in [0.1, 0.15) is 11.5 Å². The van der Waals surface area contributed by atoms with Gasteiger partial charge in [-0.3, -0.25) is 10.1 Å². The van der Waals surface area contributed by atoms with Crippen molar-refractivity contribution in [3.05, 3.63) is 57.1 Å². The number of nitrogens with one attached hydrogen (secondary N) is 1. The van der Waals surface area contributed by atoms with Crippen molar-refractivity contribution in [3.63, 3.8) is 0 Å². The Labute approximate surface area is 160 Å². The number of nitro groups is 1. The van der Waals surface area contributed by atoms with Crippen molar-refractivity contribution in [2.45, 2.75) is 20.8 Å². The summed E-state index contributed by atoms with van der Waals surface area (Å²) >= 11 is 0. The number of rotatable bonds is 5. The molecule has 11 heteroatoms. The van der Waals surface area contributed by atoms with Crippen molar-refractivity contribution < 1.29 is 9.34 Å². The van der Waals surface area contributed by atoms with Gasteiger partial charge in [-0.15, -0.1) is 22.6 Å². The maximum Gasteiger partial charge on any atom is 0.272 e. The van der Waals surface area contributed by atoms with Gasteiger partial charge in [-0.25, -0.2) is 10.1 Å². The molecular weight excluding hydrogens is 374 g/mol. The molecule has 27 heavy (non-hydrogen) atoms. The van der Waals surface area contributed by atoms with Crippen LogP contribution in [-0.2, 0) is 0 Å². The second-order valence-electron chi connectivity index (χ2n) is 5.72. The molecule has 10 nitrogen and oxygen atoms in total. The summed E-state index contributed by atoms with van der Waals surface area (Å²) in [6.45, 7) is 5.21. The highest BCUT2D eigenvalue weighted by Crippen LogP contribution is 2.30. The average Bonchev–Trinajstić information content (AvgIpc) is 3.18. The fourth-order valence-electron chi connectivity index (χ4n) is 2.43. The molecule has 2 heterocycles. The third kappa shape index (κ3) is 4.06. The van der Waals surface area contributed by atoms with E-state index in [4.69, 9.17) is 10.3 Å². The van der Waals surface area contributed by atoms with Gasteiger partial charge in [-0.2, -0.15) is 5.10 Å². The van der Waals surface area contributed by atoms with Crippen LogP contribution in [0.1, 0.15) is 22.7 Å². The van der Waals surface area contributed by atoms with E-state index in [9.17, 15) is 10.1 Å². The molecule has 3 rings (SSSR count). The Kier molecular flexibility index (Phi) is 5.81. The van der Waals surface area contributed by atoms with Crippen molar-refractivity contribution in [1.29, 1.82) is 0 Å². The van der Waals surface area contributed by atoms with Crippen molar-refractivity contribution in [2.24, 2.45) is 5.10 Å². The van der Waals surface area contributed by atoms with E-state index in [0.717, 1.165) is 11.1 Å². The normalized spacial score (nSPS) is 10.8. The first-order valence-corrected chi connectivity index (χ1v) is 7.69. The lowest BCUT2D eigenvalue weighted by Gasteiger charge is -2.05. The summed E-state index contributed by atoms with van der Waals surface area (Å²) in [5.74, 6) is 7.66. The van der Waals surface area contributed by atoms with Gasteiger partial charge in [0, 0.05) is 17.2 Å². The molecule has 0 saturated carbocycles. The van der Waals surface area contributed by atoms with Gasteiger partial charge in [0.05, 0.1) is 11.1 Å². The second kappa shape index (κ2) is 7.87. The fraction of sp³-hybridized carbons (Fsp3) is 0.188. The van der Waals surface area contributed by atoms with E-state index in [1.54, 1.807) is 45.0 Å². The average molecular weight is 392 g/mol. The zero-order valence-corrected chi connectivity index (χ0v) is 15.6. The van der Waals surface area contributed by atoms with Crippen molar-refractivity contribution in [1.82, 2.24) is 14.9 Å². The molecule has 3 aromatic rings. The second-order valence-corrected chi connectivity index (χ2v) is 5.72. The molecule has 0 saturated heterocycles. The number of aryl methyl sites for hydroxylation is 3. The Morgan fingerprint density at radius 1 is 1.26 bits per heavy atom. The van der Waals surface area contributed by atoms with Crippen molar-refractivity contribution in [3.8, 4) is 11.3 Å². The minimum atomic E-state index is -0.393. The molecule has 0 radical (unpaired) electrons. The van der Waals surface area contributed by atoms with E-state index >= 15 is 0 Å². The van der Waals surface area contributed by atoms with Gasteiger partial charge < -0.3 is 10.3 Å². The van der Waals surface area contributed by atoms with Crippen LogP contribution in [0, 0.1) is 30.9 Å². The van der Waals surface area contributed by atoms with Gasteiger partial charge in [0.15, 0.2) is 5.82 Å². The Bertz CT molecular complexity index is 1010. The zero-order chi connectivity index (χ0) is 18.8. The highest BCUT2D eigenvalue weighted by Gasteiger charge is 2.16. The largest absolute Gasteiger partial charge is 0.455 e. The van der Waals surface area contributed by atoms with Crippen molar-refractivity contribution in [2.75, 3.05) is 11.3 Å². The summed E-state index contributed by atoms with van der Waals surface area (Å²) in [5.41, 5.74) is 4.87. The number of nitrogens with zero attached hydrogens (tertiary/aromatic N) is 5.